The van der Waals surface area contributed by atoms with Gasteiger partial charge in [0.2, 0.25) is 11.8 Å². The van der Waals surface area contributed by atoms with Gasteiger partial charge in [0.15, 0.2) is 0 Å². The number of aliphatic hydroxyl groups is 1. The highest BCUT2D eigenvalue weighted by atomic mass is 16.3. The number of carbonyl (C=O) groups excluding carboxylic acids is 2. The van der Waals surface area contributed by atoms with Gasteiger partial charge in [0.1, 0.15) is 0 Å². The zero-order valence-corrected chi connectivity index (χ0v) is 9.50. The van der Waals surface area contributed by atoms with E-state index in [-0.39, 0.29) is 31.5 Å². The van der Waals surface area contributed by atoms with E-state index < -0.39 is 0 Å². The first-order valence-corrected chi connectivity index (χ1v) is 5.86. The number of aliphatic hydroxyl groups excluding tert-OH is 1. The fourth-order valence-electron chi connectivity index (χ4n) is 1.99. The normalized spacial score (nSPS) is 16.1. The van der Waals surface area contributed by atoms with Gasteiger partial charge in [0, 0.05) is 13.0 Å². The van der Waals surface area contributed by atoms with Crippen molar-refractivity contribution in [3.8, 4) is 0 Å². The lowest BCUT2D eigenvalue weighted by Gasteiger charge is -2.09. The summed E-state index contributed by atoms with van der Waals surface area (Å²) in [5, 5.41) is 13.5. The quantitative estimate of drug-likeness (QED) is 0.588. The number of hydrogen-bond donors (Lipinski definition) is 3. The molecule has 1 aliphatic rings. The summed E-state index contributed by atoms with van der Waals surface area (Å²) in [4.78, 5) is 22.5. The molecule has 0 saturated heterocycles. The maximum absolute atomic E-state index is 11.4. The molecule has 2 amide bonds. The van der Waals surface area contributed by atoms with E-state index in [4.69, 9.17) is 5.11 Å². The van der Waals surface area contributed by atoms with Gasteiger partial charge in [-0.3, -0.25) is 9.59 Å². The Hall–Kier alpha value is -1.10. The molecule has 5 heteroatoms. The van der Waals surface area contributed by atoms with E-state index >= 15 is 0 Å². The lowest BCUT2D eigenvalue weighted by molar-refractivity contribution is -0.126. The minimum atomic E-state index is -0.256. The molecule has 0 aromatic carbocycles. The van der Waals surface area contributed by atoms with Crippen molar-refractivity contribution < 1.29 is 14.7 Å². The van der Waals surface area contributed by atoms with Gasteiger partial charge in [-0.1, -0.05) is 12.8 Å². The summed E-state index contributed by atoms with van der Waals surface area (Å²) in [7, 11) is 0. The van der Waals surface area contributed by atoms with Gasteiger partial charge in [-0.05, 0) is 18.8 Å². The van der Waals surface area contributed by atoms with Crippen LogP contribution in [0.15, 0.2) is 0 Å². The summed E-state index contributed by atoms with van der Waals surface area (Å²) in [6.07, 6.45) is 5.23. The number of carbonyl (C=O) groups is 2. The zero-order valence-electron chi connectivity index (χ0n) is 9.50. The molecule has 0 atom stereocenters. The number of rotatable bonds is 6. The molecule has 1 aliphatic carbocycles. The third-order valence-electron chi connectivity index (χ3n) is 2.83. The molecule has 1 saturated carbocycles. The Labute approximate surface area is 95.6 Å². The molecule has 3 N–H and O–H groups in total. The van der Waals surface area contributed by atoms with Crippen LogP contribution in [-0.2, 0) is 9.59 Å². The molecule has 0 aromatic heterocycles. The molecular weight excluding hydrogens is 208 g/mol. The number of amides is 2. The molecular formula is C11H20N2O3. The molecule has 1 rings (SSSR count). The lowest BCUT2D eigenvalue weighted by atomic mass is 10.0. The molecule has 0 unspecified atom stereocenters. The van der Waals surface area contributed by atoms with Crippen LogP contribution in [0.25, 0.3) is 0 Å². The molecule has 92 valence electrons. The summed E-state index contributed by atoms with van der Waals surface area (Å²) in [6.45, 7) is 0.157. The number of nitrogens with one attached hydrogen (secondary N) is 2. The van der Waals surface area contributed by atoms with Crippen molar-refractivity contribution in [2.24, 2.45) is 5.92 Å². The van der Waals surface area contributed by atoms with Crippen LogP contribution in [0.2, 0.25) is 0 Å². The van der Waals surface area contributed by atoms with Crippen LogP contribution < -0.4 is 10.6 Å². The second-order valence-corrected chi connectivity index (χ2v) is 4.20. The smallest absolute Gasteiger partial charge is 0.239 e. The van der Waals surface area contributed by atoms with E-state index in [9.17, 15) is 9.59 Å². The minimum Gasteiger partial charge on any atom is -0.395 e. The molecule has 0 spiro atoms. The Kier molecular flexibility index (Phi) is 5.85. The fraction of sp³-hybridized carbons (Fsp3) is 0.818. The molecule has 0 heterocycles. The van der Waals surface area contributed by atoms with E-state index in [1.54, 1.807) is 0 Å². The molecule has 16 heavy (non-hydrogen) atoms. The highest BCUT2D eigenvalue weighted by Gasteiger charge is 2.18. The Morgan fingerprint density at radius 1 is 1.12 bits per heavy atom. The Balaban J connectivity index is 2.07. The Bertz CT molecular complexity index is 237. The summed E-state index contributed by atoms with van der Waals surface area (Å²) in [6, 6.07) is 0. The van der Waals surface area contributed by atoms with Gasteiger partial charge in [0.05, 0.1) is 13.2 Å². The molecule has 0 bridgehead atoms. The van der Waals surface area contributed by atoms with E-state index in [1.165, 1.54) is 12.8 Å². The third kappa shape index (κ3) is 5.11. The van der Waals surface area contributed by atoms with Crippen molar-refractivity contribution >= 4 is 11.8 Å². The van der Waals surface area contributed by atoms with Crippen LogP contribution in [0.4, 0.5) is 0 Å². The average molecular weight is 228 g/mol. The van der Waals surface area contributed by atoms with Crippen LogP contribution in [0.5, 0.6) is 0 Å². The van der Waals surface area contributed by atoms with Crippen molar-refractivity contribution in [1.29, 1.82) is 0 Å². The topological polar surface area (TPSA) is 78.4 Å². The Morgan fingerprint density at radius 2 is 1.81 bits per heavy atom. The average Bonchev–Trinajstić information content (AvgIpc) is 2.76. The van der Waals surface area contributed by atoms with E-state index in [0.29, 0.717) is 12.3 Å². The molecule has 0 aliphatic heterocycles. The van der Waals surface area contributed by atoms with Crippen LogP contribution >= 0.6 is 0 Å². The minimum absolute atomic E-state index is 0.00551. The lowest BCUT2D eigenvalue weighted by Crippen LogP contribution is -2.38. The first-order valence-electron chi connectivity index (χ1n) is 5.86. The Morgan fingerprint density at radius 3 is 2.44 bits per heavy atom. The van der Waals surface area contributed by atoms with E-state index in [0.717, 1.165) is 12.8 Å². The van der Waals surface area contributed by atoms with Crippen molar-refractivity contribution in [1.82, 2.24) is 10.6 Å². The SMILES string of the molecule is O=C(CNC(=O)CC1CCCC1)NCCO. The van der Waals surface area contributed by atoms with Crippen LogP contribution in [0, 0.1) is 5.92 Å². The monoisotopic (exact) mass is 228 g/mol. The van der Waals surface area contributed by atoms with Crippen LogP contribution in [0.1, 0.15) is 32.1 Å². The molecule has 1 fully saturated rings. The second-order valence-electron chi connectivity index (χ2n) is 4.20. The van der Waals surface area contributed by atoms with Gasteiger partial charge < -0.3 is 15.7 Å². The third-order valence-corrected chi connectivity index (χ3v) is 2.83. The summed E-state index contributed by atoms with van der Waals surface area (Å²) < 4.78 is 0. The predicted molar refractivity (Wildman–Crippen MR) is 59.7 cm³/mol. The standard InChI is InChI=1S/C11H20N2O3/c14-6-5-12-11(16)8-13-10(15)7-9-3-1-2-4-9/h9,14H,1-8H2,(H,12,16)(H,13,15). The summed E-state index contributed by atoms with van der Waals surface area (Å²) in [5.41, 5.74) is 0. The van der Waals surface area contributed by atoms with Gasteiger partial charge in [-0.15, -0.1) is 0 Å². The molecule has 5 nitrogen and oxygen atoms in total. The van der Waals surface area contributed by atoms with Gasteiger partial charge >= 0.3 is 0 Å². The fourth-order valence-corrected chi connectivity index (χ4v) is 1.99. The first-order chi connectivity index (χ1) is 7.72. The summed E-state index contributed by atoms with van der Waals surface area (Å²) >= 11 is 0. The first kappa shape index (κ1) is 13.0. The van der Waals surface area contributed by atoms with E-state index in [2.05, 4.69) is 10.6 Å². The van der Waals surface area contributed by atoms with Crippen LogP contribution in [-0.4, -0.2) is 36.6 Å². The van der Waals surface area contributed by atoms with Gasteiger partial charge in [0.25, 0.3) is 0 Å². The van der Waals surface area contributed by atoms with Crippen molar-refractivity contribution in [3.05, 3.63) is 0 Å². The summed E-state index contributed by atoms with van der Waals surface area (Å²) in [5.74, 6) is 0.195. The van der Waals surface area contributed by atoms with E-state index in [1.807, 2.05) is 0 Å². The van der Waals surface area contributed by atoms with Gasteiger partial charge in [-0.25, -0.2) is 0 Å². The van der Waals surface area contributed by atoms with Crippen molar-refractivity contribution in [2.45, 2.75) is 32.1 Å². The maximum atomic E-state index is 11.4. The van der Waals surface area contributed by atoms with Crippen molar-refractivity contribution in [2.75, 3.05) is 19.7 Å². The maximum Gasteiger partial charge on any atom is 0.239 e. The highest BCUT2D eigenvalue weighted by Crippen LogP contribution is 2.27. The number of hydrogen-bond acceptors (Lipinski definition) is 3. The highest BCUT2D eigenvalue weighted by molar-refractivity contribution is 5.84. The molecule has 0 radical (unpaired) electrons. The predicted octanol–water partition coefficient (Wildman–Crippen LogP) is -0.209. The van der Waals surface area contributed by atoms with Crippen molar-refractivity contribution in [3.63, 3.8) is 0 Å². The molecule has 0 aromatic rings. The van der Waals surface area contributed by atoms with Crippen LogP contribution in [0.3, 0.4) is 0 Å². The zero-order chi connectivity index (χ0) is 11.8. The second kappa shape index (κ2) is 7.22. The van der Waals surface area contributed by atoms with Gasteiger partial charge in [-0.2, -0.15) is 0 Å². The largest absolute Gasteiger partial charge is 0.395 e.